The number of halogens is 1. The van der Waals surface area contributed by atoms with Gasteiger partial charge in [0, 0.05) is 10.5 Å². The summed E-state index contributed by atoms with van der Waals surface area (Å²) < 4.78 is 0.930. The van der Waals surface area contributed by atoms with Crippen LogP contribution in [0.15, 0.2) is 28.7 Å². The van der Waals surface area contributed by atoms with E-state index >= 15 is 0 Å². The topological polar surface area (TPSA) is 66.4 Å². The molecule has 1 aliphatic carbocycles. The summed E-state index contributed by atoms with van der Waals surface area (Å²) in [6, 6.07) is 7.28. The summed E-state index contributed by atoms with van der Waals surface area (Å²) in [5.41, 5.74) is 0.0688. The smallest absolute Gasteiger partial charge is 0.311 e. The second-order valence-electron chi connectivity index (χ2n) is 5.54. The number of carbonyl (C=O) groups excluding carboxylic acids is 1. The van der Waals surface area contributed by atoms with E-state index in [9.17, 15) is 14.7 Å². The third-order valence-electron chi connectivity index (χ3n) is 4.04. The zero-order chi connectivity index (χ0) is 14.8. The van der Waals surface area contributed by atoms with E-state index in [-0.39, 0.29) is 18.4 Å². The van der Waals surface area contributed by atoms with Crippen LogP contribution < -0.4 is 5.32 Å². The van der Waals surface area contributed by atoms with Gasteiger partial charge in [0.05, 0.1) is 11.8 Å². The number of hydrogen-bond donors (Lipinski definition) is 2. The summed E-state index contributed by atoms with van der Waals surface area (Å²) >= 11 is 3.37. The van der Waals surface area contributed by atoms with Crippen molar-refractivity contribution in [2.24, 2.45) is 5.41 Å². The van der Waals surface area contributed by atoms with Crippen LogP contribution in [-0.2, 0) is 16.0 Å². The molecule has 2 unspecified atom stereocenters. The zero-order valence-corrected chi connectivity index (χ0v) is 12.9. The van der Waals surface area contributed by atoms with Gasteiger partial charge in [-0.2, -0.15) is 0 Å². The predicted octanol–water partition coefficient (Wildman–Crippen LogP) is 2.75. The highest BCUT2D eigenvalue weighted by Crippen LogP contribution is 2.38. The first kappa shape index (κ1) is 15.0. The van der Waals surface area contributed by atoms with Gasteiger partial charge in [-0.05, 0) is 37.5 Å². The van der Waals surface area contributed by atoms with Crippen LogP contribution >= 0.6 is 15.9 Å². The van der Waals surface area contributed by atoms with Gasteiger partial charge in [0.25, 0.3) is 0 Å². The van der Waals surface area contributed by atoms with E-state index in [1.807, 2.05) is 24.3 Å². The number of benzene rings is 1. The Bertz CT molecular complexity index is 532. The number of rotatable bonds is 4. The molecule has 0 spiro atoms. The van der Waals surface area contributed by atoms with Crippen molar-refractivity contribution in [3.63, 3.8) is 0 Å². The van der Waals surface area contributed by atoms with Crippen molar-refractivity contribution in [3.8, 4) is 0 Å². The minimum absolute atomic E-state index is 0.123. The summed E-state index contributed by atoms with van der Waals surface area (Å²) in [5.74, 6) is -0.953. The Morgan fingerprint density at radius 1 is 1.50 bits per heavy atom. The Labute approximate surface area is 126 Å². The summed E-state index contributed by atoms with van der Waals surface area (Å²) in [4.78, 5) is 23.4. The maximum Gasteiger partial charge on any atom is 0.311 e. The minimum Gasteiger partial charge on any atom is -0.481 e. The van der Waals surface area contributed by atoms with E-state index in [1.54, 1.807) is 6.92 Å². The molecule has 5 heteroatoms. The second-order valence-corrected chi connectivity index (χ2v) is 6.46. The number of amides is 1. The second kappa shape index (κ2) is 5.95. The molecular weight excluding hydrogens is 322 g/mol. The highest BCUT2D eigenvalue weighted by molar-refractivity contribution is 9.10. The first-order chi connectivity index (χ1) is 9.41. The molecule has 1 aromatic rings. The van der Waals surface area contributed by atoms with Gasteiger partial charge < -0.3 is 10.4 Å². The van der Waals surface area contributed by atoms with E-state index in [2.05, 4.69) is 21.2 Å². The lowest BCUT2D eigenvalue weighted by molar-refractivity contribution is -0.149. The van der Waals surface area contributed by atoms with Crippen LogP contribution in [-0.4, -0.2) is 23.0 Å². The van der Waals surface area contributed by atoms with Crippen LogP contribution in [0.25, 0.3) is 0 Å². The molecule has 1 aromatic carbocycles. The summed E-state index contributed by atoms with van der Waals surface area (Å²) in [7, 11) is 0. The number of carbonyl (C=O) groups is 2. The van der Waals surface area contributed by atoms with Crippen molar-refractivity contribution in [1.82, 2.24) is 5.32 Å². The fourth-order valence-corrected chi connectivity index (χ4v) is 3.18. The van der Waals surface area contributed by atoms with Gasteiger partial charge in [0.1, 0.15) is 0 Å². The molecule has 1 amide bonds. The average Bonchev–Trinajstić information content (AvgIpc) is 2.72. The van der Waals surface area contributed by atoms with Gasteiger partial charge in [-0.15, -0.1) is 0 Å². The molecule has 2 N–H and O–H groups in total. The summed E-state index contributed by atoms with van der Waals surface area (Å²) in [5, 5.41) is 12.2. The highest BCUT2D eigenvalue weighted by Gasteiger charge is 2.45. The van der Waals surface area contributed by atoms with Gasteiger partial charge in [0.2, 0.25) is 5.91 Å². The fraction of sp³-hybridized carbons (Fsp3) is 0.467. The van der Waals surface area contributed by atoms with Gasteiger partial charge in [-0.1, -0.05) is 34.5 Å². The lowest BCUT2D eigenvalue weighted by Gasteiger charge is -2.27. The first-order valence-corrected chi connectivity index (χ1v) is 7.48. The quantitative estimate of drug-likeness (QED) is 0.886. The normalized spacial score (nSPS) is 25.4. The number of carboxylic acids is 1. The molecule has 0 saturated heterocycles. The molecule has 4 nitrogen and oxygen atoms in total. The Morgan fingerprint density at radius 2 is 2.25 bits per heavy atom. The number of carboxylic acid groups (broad SMARTS) is 1. The maximum absolute atomic E-state index is 12.1. The standard InChI is InChI=1S/C15H18BrNO3/c1-15(14(19)20)7-3-6-12(15)17-13(18)9-10-4-2-5-11(16)8-10/h2,4-5,8,12H,3,6-7,9H2,1H3,(H,17,18)(H,19,20). The predicted molar refractivity (Wildman–Crippen MR) is 79.4 cm³/mol. The van der Waals surface area contributed by atoms with Gasteiger partial charge in [0.15, 0.2) is 0 Å². The van der Waals surface area contributed by atoms with Crippen molar-refractivity contribution in [2.75, 3.05) is 0 Å². The summed E-state index contributed by atoms with van der Waals surface area (Å²) in [6.45, 7) is 1.71. The molecule has 0 aromatic heterocycles. The van der Waals surface area contributed by atoms with Gasteiger partial charge in [-0.3, -0.25) is 9.59 Å². The minimum atomic E-state index is -0.840. The molecule has 2 atom stereocenters. The molecule has 0 radical (unpaired) electrons. The number of nitrogens with one attached hydrogen (secondary N) is 1. The van der Waals surface area contributed by atoms with Gasteiger partial charge >= 0.3 is 5.97 Å². The lowest BCUT2D eigenvalue weighted by Crippen LogP contribution is -2.47. The van der Waals surface area contributed by atoms with Crippen LogP contribution in [0.2, 0.25) is 0 Å². The van der Waals surface area contributed by atoms with E-state index in [0.29, 0.717) is 6.42 Å². The Morgan fingerprint density at radius 3 is 2.90 bits per heavy atom. The van der Waals surface area contributed by atoms with Crippen molar-refractivity contribution in [3.05, 3.63) is 34.3 Å². The highest BCUT2D eigenvalue weighted by atomic mass is 79.9. The van der Waals surface area contributed by atoms with E-state index in [1.165, 1.54) is 0 Å². The Hall–Kier alpha value is -1.36. The summed E-state index contributed by atoms with van der Waals surface area (Å²) in [6.07, 6.45) is 2.45. The van der Waals surface area contributed by atoms with Crippen LogP contribution in [0.1, 0.15) is 31.7 Å². The lowest BCUT2D eigenvalue weighted by atomic mass is 9.85. The molecule has 2 rings (SSSR count). The third-order valence-corrected chi connectivity index (χ3v) is 4.53. The van der Waals surface area contributed by atoms with Crippen LogP contribution in [0.4, 0.5) is 0 Å². The van der Waals surface area contributed by atoms with Crippen molar-refractivity contribution in [1.29, 1.82) is 0 Å². The average molecular weight is 340 g/mol. The van der Waals surface area contributed by atoms with Crippen LogP contribution in [0.5, 0.6) is 0 Å². The molecule has 108 valence electrons. The molecule has 1 aliphatic rings. The van der Waals surface area contributed by atoms with Crippen molar-refractivity contribution >= 4 is 27.8 Å². The Balaban J connectivity index is 2.00. The van der Waals surface area contributed by atoms with Crippen molar-refractivity contribution < 1.29 is 14.7 Å². The molecule has 20 heavy (non-hydrogen) atoms. The monoisotopic (exact) mass is 339 g/mol. The number of hydrogen-bond acceptors (Lipinski definition) is 2. The Kier molecular flexibility index (Phi) is 4.48. The molecule has 0 heterocycles. The number of aliphatic carboxylic acids is 1. The van der Waals surface area contributed by atoms with E-state index in [4.69, 9.17) is 0 Å². The fourth-order valence-electron chi connectivity index (χ4n) is 2.73. The zero-order valence-electron chi connectivity index (χ0n) is 11.4. The van der Waals surface area contributed by atoms with Crippen LogP contribution in [0, 0.1) is 5.41 Å². The third kappa shape index (κ3) is 3.20. The SMILES string of the molecule is CC1(C(=O)O)CCCC1NC(=O)Cc1cccc(Br)c1. The maximum atomic E-state index is 12.1. The molecule has 0 aliphatic heterocycles. The molecule has 1 saturated carbocycles. The van der Waals surface area contributed by atoms with Crippen molar-refractivity contribution in [2.45, 2.75) is 38.6 Å². The van der Waals surface area contributed by atoms with Gasteiger partial charge in [-0.25, -0.2) is 0 Å². The largest absolute Gasteiger partial charge is 0.481 e. The van der Waals surface area contributed by atoms with Crippen LogP contribution in [0.3, 0.4) is 0 Å². The first-order valence-electron chi connectivity index (χ1n) is 6.69. The molecule has 1 fully saturated rings. The van der Waals surface area contributed by atoms with E-state index < -0.39 is 11.4 Å². The van der Waals surface area contributed by atoms with E-state index in [0.717, 1.165) is 22.9 Å². The molecular formula is C15H18BrNO3. The molecule has 0 bridgehead atoms.